The predicted molar refractivity (Wildman–Crippen MR) is 115 cm³/mol. The summed E-state index contributed by atoms with van der Waals surface area (Å²) in [5, 5.41) is 4.76. The van der Waals surface area contributed by atoms with Gasteiger partial charge < -0.3 is 15.0 Å². The molecule has 1 N–H and O–H groups in total. The van der Waals surface area contributed by atoms with E-state index in [1.54, 1.807) is 6.07 Å². The first-order chi connectivity index (χ1) is 12.6. The van der Waals surface area contributed by atoms with Crippen LogP contribution in [-0.2, 0) is 6.54 Å². The van der Waals surface area contributed by atoms with E-state index in [2.05, 4.69) is 31.0 Å². The van der Waals surface area contributed by atoms with Crippen molar-refractivity contribution in [3.05, 3.63) is 27.7 Å². The van der Waals surface area contributed by atoms with E-state index >= 15 is 0 Å². The molecule has 0 atom stereocenters. The zero-order valence-corrected chi connectivity index (χ0v) is 18.3. The van der Waals surface area contributed by atoms with Crippen molar-refractivity contribution in [3.8, 4) is 5.75 Å². The Morgan fingerprint density at radius 3 is 2.19 bits per heavy atom. The summed E-state index contributed by atoms with van der Waals surface area (Å²) in [5.74, 6) is 0.762. The fourth-order valence-electron chi connectivity index (χ4n) is 2.86. The summed E-state index contributed by atoms with van der Waals surface area (Å²) in [6, 6.07) is 3.69. The second-order valence-corrected chi connectivity index (χ2v) is 7.65. The first kappa shape index (κ1) is 23.6. The molecule has 0 bridgehead atoms. The van der Waals surface area contributed by atoms with E-state index in [1.165, 1.54) is 38.8 Å². The molecule has 0 unspecified atom stereocenters. The van der Waals surface area contributed by atoms with Crippen LogP contribution >= 0.6 is 23.2 Å². The van der Waals surface area contributed by atoms with E-state index in [1.807, 2.05) is 6.07 Å². The fourth-order valence-corrected chi connectivity index (χ4v) is 3.45. The molecule has 0 amide bonds. The van der Waals surface area contributed by atoms with Crippen LogP contribution < -0.4 is 10.1 Å². The molecule has 0 aliphatic rings. The van der Waals surface area contributed by atoms with Crippen LogP contribution in [0.15, 0.2) is 12.1 Å². The van der Waals surface area contributed by atoms with Gasteiger partial charge in [-0.25, -0.2) is 0 Å². The molecular formula is C21H36Cl2N2O. The molecule has 1 aromatic rings. The Hall–Kier alpha value is -0.480. The van der Waals surface area contributed by atoms with E-state index in [4.69, 9.17) is 27.9 Å². The van der Waals surface area contributed by atoms with Crippen LogP contribution in [0.3, 0.4) is 0 Å². The summed E-state index contributed by atoms with van der Waals surface area (Å²) in [7, 11) is 0. The molecule has 1 aromatic carbocycles. The maximum atomic E-state index is 6.31. The monoisotopic (exact) mass is 402 g/mol. The minimum absolute atomic E-state index is 0.591. The normalized spacial score (nSPS) is 11.3. The van der Waals surface area contributed by atoms with Crippen LogP contribution in [0, 0.1) is 0 Å². The van der Waals surface area contributed by atoms with E-state index in [9.17, 15) is 0 Å². The molecule has 0 radical (unpaired) electrons. The minimum atomic E-state index is 0.591. The average molecular weight is 403 g/mol. The zero-order valence-electron chi connectivity index (χ0n) is 16.8. The predicted octanol–water partition coefficient (Wildman–Crippen LogP) is 6.16. The van der Waals surface area contributed by atoms with Gasteiger partial charge in [0.15, 0.2) is 0 Å². The SMILES string of the molecule is CCCCN(CCCC)CCCNCc1cc(Cl)cc(Cl)c1OCCC. The first-order valence-corrected chi connectivity index (χ1v) is 10.9. The molecule has 1 rings (SSSR count). The van der Waals surface area contributed by atoms with Crippen molar-refractivity contribution in [2.24, 2.45) is 0 Å². The van der Waals surface area contributed by atoms with Crippen molar-refractivity contribution in [1.29, 1.82) is 0 Å². The number of benzene rings is 1. The number of halogens is 2. The van der Waals surface area contributed by atoms with Gasteiger partial charge in [0, 0.05) is 17.1 Å². The number of hydrogen-bond donors (Lipinski definition) is 1. The molecule has 0 aliphatic carbocycles. The molecule has 0 spiro atoms. The summed E-state index contributed by atoms with van der Waals surface area (Å²) in [6.07, 6.45) is 7.20. The van der Waals surface area contributed by atoms with Crippen LogP contribution in [0.2, 0.25) is 10.0 Å². The van der Waals surface area contributed by atoms with Crippen molar-refractivity contribution in [3.63, 3.8) is 0 Å². The topological polar surface area (TPSA) is 24.5 Å². The second kappa shape index (κ2) is 14.6. The van der Waals surface area contributed by atoms with E-state index in [0.717, 1.165) is 43.8 Å². The Bertz CT molecular complexity index is 489. The van der Waals surface area contributed by atoms with Gasteiger partial charge in [-0.2, -0.15) is 0 Å². The Labute approximate surface area is 170 Å². The lowest BCUT2D eigenvalue weighted by Crippen LogP contribution is -2.29. The lowest BCUT2D eigenvalue weighted by atomic mass is 10.2. The number of nitrogens with zero attached hydrogens (tertiary/aromatic N) is 1. The maximum absolute atomic E-state index is 6.31. The van der Waals surface area contributed by atoms with Gasteiger partial charge >= 0.3 is 0 Å². The average Bonchev–Trinajstić information content (AvgIpc) is 2.62. The van der Waals surface area contributed by atoms with Gasteiger partial charge in [-0.15, -0.1) is 0 Å². The summed E-state index contributed by atoms with van der Waals surface area (Å²) in [5.41, 5.74) is 1.03. The fraction of sp³-hybridized carbons (Fsp3) is 0.714. The highest BCUT2D eigenvalue weighted by Gasteiger charge is 2.11. The van der Waals surface area contributed by atoms with Crippen molar-refractivity contribution < 1.29 is 4.74 Å². The molecule has 0 saturated carbocycles. The Morgan fingerprint density at radius 2 is 1.58 bits per heavy atom. The first-order valence-electron chi connectivity index (χ1n) is 10.2. The van der Waals surface area contributed by atoms with Crippen LogP contribution in [0.25, 0.3) is 0 Å². The summed E-state index contributed by atoms with van der Waals surface area (Å²) in [6.45, 7) is 12.6. The van der Waals surface area contributed by atoms with Crippen LogP contribution in [-0.4, -0.2) is 37.7 Å². The molecule has 0 fully saturated rings. The molecule has 5 heteroatoms. The molecule has 0 saturated heterocycles. The van der Waals surface area contributed by atoms with Crippen molar-refractivity contribution in [1.82, 2.24) is 10.2 Å². The van der Waals surface area contributed by atoms with E-state index < -0.39 is 0 Å². The molecule has 0 aromatic heterocycles. The number of hydrogen-bond acceptors (Lipinski definition) is 3. The highest BCUT2D eigenvalue weighted by molar-refractivity contribution is 6.35. The molecule has 0 heterocycles. The minimum Gasteiger partial charge on any atom is -0.492 e. The summed E-state index contributed by atoms with van der Waals surface area (Å²) in [4.78, 5) is 2.60. The number of nitrogens with one attached hydrogen (secondary N) is 1. The number of ether oxygens (including phenoxy) is 1. The third-order valence-corrected chi connectivity index (χ3v) is 4.83. The van der Waals surface area contributed by atoms with Gasteiger partial charge in [-0.1, -0.05) is 56.8 Å². The van der Waals surface area contributed by atoms with E-state index in [0.29, 0.717) is 16.7 Å². The Balaban J connectivity index is 2.44. The standard InChI is InChI=1S/C21H36Cl2N2O/c1-4-7-11-25(12-8-5-2)13-9-10-24-17-18-15-19(22)16-20(23)21(18)26-14-6-3/h15-16,24H,4-14,17H2,1-3H3. The quantitative estimate of drug-likeness (QED) is 0.355. The van der Waals surface area contributed by atoms with Gasteiger partial charge in [-0.3, -0.25) is 0 Å². The maximum Gasteiger partial charge on any atom is 0.142 e. The largest absolute Gasteiger partial charge is 0.492 e. The van der Waals surface area contributed by atoms with Gasteiger partial charge in [0.05, 0.1) is 11.6 Å². The number of unbranched alkanes of at least 4 members (excludes halogenated alkanes) is 2. The van der Waals surface area contributed by atoms with Gasteiger partial charge in [0.1, 0.15) is 5.75 Å². The molecule has 150 valence electrons. The van der Waals surface area contributed by atoms with Crippen molar-refractivity contribution >= 4 is 23.2 Å². The zero-order chi connectivity index (χ0) is 19.2. The Morgan fingerprint density at radius 1 is 0.923 bits per heavy atom. The Kier molecular flexibility index (Phi) is 13.2. The lowest BCUT2D eigenvalue weighted by Gasteiger charge is -2.22. The highest BCUT2D eigenvalue weighted by atomic mass is 35.5. The third-order valence-electron chi connectivity index (χ3n) is 4.33. The van der Waals surface area contributed by atoms with Crippen LogP contribution in [0.1, 0.15) is 64.9 Å². The third kappa shape index (κ3) is 9.45. The lowest BCUT2D eigenvalue weighted by molar-refractivity contribution is 0.261. The highest BCUT2D eigenvalue weighted by Crippen LogP contribution is 2.32. The molecule has 0 aliphatic heterocycles. The molecular weight excluding hydrogens is 367 g/mol. The summed E-state index contributed by atoms with van der Waals surface area (Å²) >= 11 is 12.5. The summed E-state index contributed by atoms with van der Waals surface area (Å²) < 4.78 is 5.82. The van der Waals surface area contributed by atoms with Gasteiger partial charge in [-0.05, 0) is 64.0 Å². The molecule has 3 nitrogen and oxygen atoms in total. The van der Waals surface area contributed by atoms with Gasteiger partial charge in [0.25, 0.3) is 0 Å². The van der Waals surface area contributed by atoms with Crippen LogP contribution in [0.4, 0.5) is 0 Å². The smallest absolute Gasteiger partial charge is 0.142 e. The number of rotatable bonds is 15. The second-order valence-electron chi connectivity index (χ2n) is 6.80. The molecule has 26 heavy (non-hydrogen) atoms. The van der Waals surface area contributed by atoms with Crippen molar-refractivity contribution in [2.75, 3.05) is 32.8 Å². The van der Waals surface area contributed by atoms with Gasteiger partial charge in [0.2, 0.25) is 0 Å². The van der Waals surface area contributed by atoms with Crippen molar-refractivity contribution in [2.45, 2.75) is 65.8 Å². The van der Waals surface area contributed by atoms with E-state index in [-0.39, 0.29) is 0 Å². The van der Waals surface area contributed by atoms with Crippen LogP contribution in [0.5, 0.6) is 5.75 Å².